The summed E-state index contributed by atoms with van der Waals surface area (Å²) >= 11 is 0. The number of benzene rings is 3. The first kappa shape index (κ1) is 29.9. The Kier molecular flexibility index (Phi) is 9.48. The van der Waals surface area contributed by atoms with Crippen LogP contribution in [0.25, 0.3) is 0 Å². The summed E-state index contributed by atoms with van der Waals surface area (Å²) in [5.74, 6) is 1.43. The lowest BCUT2D eigenvalue weighted by Gasteiger charge is -2.55. The number of amides is 3. The van der Waals surface area contributed by atoms with Crippen molar-refractivity contribution in [2.45, 2.75) is 31.7 Å². The van der Waals surface area contributed by atoms with E-state index in [-0.39, 0.29) is 17.7 Å². The highest BCUT2D eigenvalue weighted by molar-refractivity contribution is 5.84. The molecule has 2 saturated heterocycles. The minimum absolute atomic E-state index is 0.0241. The topological polar surface area (TPSA) is 97.8 Å². The molecule has 0 saturated carbocycles. The lowest BCUT2D eigenvalue weighted by atomic mass is 9.98. The number of fused-ring (bicyclic) bond motifs is 1. The number of ether oxygens (including phenoxy) is 2. The number of aromatic hydroxyl groups is 1. The molecule has 2 heterocycles. The fourth-order valence-electron chi connectivity index (χ4n) is 5.84. The number of piperazine rings is 1. The number of phenolic OH excluding ortho intramolecular Hbond substituents is 1. The van der Waals surface area contributed by atoms with Gasteiger partial charge in [0.05, 0.1) is 26.8 Å². The maximum absolute atomic E-state index is 14.2. The number of carbonyl (C=O) groups excluding carboxylic acids is 2. The monoisotopic (exact) mass is 585 g/mol. The third-order valence-corrected chi connectivity index (χ3v) is 8.02. The van der Waals surface area contributed by atoms with Gasteiger partial charge in [0.1, 0.15) is 23.4 Å². The lowest BCUT2D eigenvalue weighted by molar-refractivity contribution is -0.177. The van der Waals surface area contributed by atoms with Crippen molar-refractivity contribution in [1.29, 1.82) is 0 Å². The van der Waals surface area contributed by atoms with Gasteiger partial charge in [-0.3, -0.25) is 9.69 Å². The summed E-state index contributed by atoms with van der Waals surface area (Å²) < 4.78 is 11.0. The van der Waals surface area contributed by atoms with E-state index in [9.17, 15) is 14.7 Å². The van der Waals surface area contributed by atoms with Crippen LogP contribution >= 0.6 is 0 Å². The summed E-state index contributed by atoms with van der Waals surface area (Å²) in [7, 11) is 3.19. The number of hydrogen-bond acceptors (Lipinski definition) is 7. The van der Waals surface area contributed by atoms with Crippen molar-refractivity contribution in [3.8, 4) is 17.2 Å². The predicted octanol–water partition coefficient (Wildman–Crippen LogP) is 3.62. The van der Waals surface area contributed by atoms with Gasteiger partial charge in [-0.2, -0.15) is 0 Å². The molecule has 2 N–H and O–H groups in total. The molecule has 5 rings (SSSR count). The van der Waals surface area contributed by atoms with E-state index in [1.165, 1.54) is 0 Å². The highest BCUT2D eigenvalue weighted by Crippen LogP contribution is 2.31. The SMILES string of the molecule is C=CCN1CCN2[C@@H](Cc3ccc(O)cc3)C(=O)N(Cc3ccc(OC)cc3OC)C[C@@H]2N1C(=O)NCc1ccccc1. The molecule has 0 unspecified atom stereocenters. The minimum atomic E-state index is -0.511. The Bertz CT molecular complexity index is 1420. The molecule has 3 aromatic carbocycles. The molecule has 2 fully saturated rings. The van der Waals surface area contributed by atoms with Gasteiger partial charge in [0.25, 0.3) is 0 Å². The molecule has 10 nitrogen and oxygen atoms in total. The van der Waals surface area contributed by atoms with Gasteiger partial charge in [0, 0.05) is 44.4 Å². The number of rotatable bonds is 10. The molecule has 3 aromatic rings. The van der Waals surface area contributed by atoms with Crippen LogP contribution in [0.5, 0.6) is 17.2 Å². The van der Waals surface area contributed by atoms with Crippen LogP contribution in [0, 0.1) is 0 Å². The van der Waals surface area contributed by atoms with Crippen LogP contribution in [-0.4, -0.2) is 89.5 Å². The van der Waals surface area contributed by atoms with Gasteiger partial charge in [0.2, 0.25) is 5.91 Å². The second kappa shape index (κ2) is 13.6. The molecule has 0 aromatic heterocycles. The van der Waals surface area contributed by atoms with Crippen LogP contribution in [0.3, 0.4) is 0 Å². The zero-order valence-electron chi connectivity index (χ0n) is 24.7. The van der Waals surface area contributed by atoms with Gasteiger partial charge in [-0.05, 0) is 41.8 Å². The zero-order valence-corrected chi connectivity index (χ0v) is 24.7. The molecule has 0 bridgehead atoms. The number of methoxy groups -OCH3 is 2. The van der Waals surface area contributed by atoms with Crippen molar-refractivity contribution in [3.63, 3.8) is 0 Å². The molecule has 3 amide bonds. The smallest absolute Gasteiger partial charge is 0.333 e. The van der Waals surface area contributed by atoms with E-state index in [1.807, 2.05) is 64.5 Å². The first-order chi connectivity index (χ1) is 20.9. The molecule has 2 aliphatic heterocycles. The Morgan fingerprint density at radius 3 is 2.49 bits per heavy atom. The van der Waals surface area contributed by atoms with Crippen molar-refractivity contribution in [2.24, 2.45) is 0 Å². The highest BCUT2D eigenvalue weighted by Gasteiger charge is 2.48. The first-order valence-corrected chi connectivity index (χ1v) is 14.4. The minimum Gasteiger partial charge on any atom is -0.508 e. The van der Waals surface area contributed by atoms with Crippen molar-refractivity contribution < 1.29 is 24.2 Å². The normalized spacial score (nSPS) is 19.1. The third-order valence-electron chi connectivity index (χ3n) is 8.02. The summed E-state index contributed by atoms with van der Waals surface area (Å²) in [5, 5.41) is 16.7. The fourth-order valence-corrected chi connectivity index (χ4v) is 5.84. The number of carbonyl (C=O) groups is 2. The average molecular weight is 586 g/mol. The summed E-state index contributed by atoms with van der Waals surface area (Å²) in [4.78, 5) is 32.0. The molecule has 2 aliphatic rings. The fraction of sp³-hybridized carbons (Fsp3) is 0.333. The number of hydrazine groups is 1. The number of nitrogens with one attached hydrogen (secondary N) is 1. The van der Waals surface area contributed by atoms with Crippen LogP contribution < -0.4 is 14.8 Å². The van der Waals surface area contributed by atoms with Crippen molar-refractivity contribution in [1.82, 2.24) is 25.1 Å². The molecule has 0 aliphatic carbocycles. The van der Waals surface area contributed by atoms with Crippen LogP contribution in [0.15, 0.2) is 85.5 Å². The van der Waals surface area contributed by atoms with E-state index < -0.39 is 12.2 Å². The van der Waals surface area contributed by atoms with Gasteiger partial charge in [-0.15, -0.1) is 6.58 Å². The Balaban J connectivity index is 1.47. The molecular formula is C33H39N5O5. The molecule has 226 valence electrons. The van der Waals surface area contributed by atoms with Gasteiger partial charge in [-0.1, -0.05) is 48.5 Å². The Morgan fingerprint density at radius 2 is 1.79 bits per heavy atom. The lowest BCUT2D eigenvalue weighted by Crippen LogP contribution is -2.75. The van der Waals surface area contributed by atoms with Crippen molar-refractivity contribution in [3.05, 3.63) is 102 Å². The average Bonchev–Trinajstić information content (AvgIpc) is 3.03. The van der Waals surface area contributed by atoms with Gasteiger partial charge < -0.3 is 24.8 Å². The zero-order chi connectivity index (χ0) is 30.3. The van der Waals surface area contributed by atoms with Crippen LogP contribution in [0.4, 0.5) is 4.79 Å². The second-order valence-corrected chi connectivity index (χ2v) is 10.7. The third kappa shape index (κ3) is 6.76. The number of nitrogens with zero attached hydrogens (tertiary/aromatic N) is 4. The second-order valence-electron chi connectivity index (χ2n) is 10.7. The summed E-state index contributed by atoms with van der Waals surface area (Å²) in [5.41, 5.74) is 2.76. The van der Waals surface area contributed by atoms with Crippen molar-refractivity contribution >= 4 is 11.9 Å². The molecule has 2 atom stereocenters. The maximum atomic E-state index is 14.2. The quantitative estimate of drug-likeness (QED) is 0.351. The Labute approximate surface area is 252 Å². The number of hydrogen-bond donors (Lipinski definition) is 2. The van der Waals surface area contributed by atoms with E-state index >= 15 is 0 Å². The molecule has 10 heteroatoms. The molecule has 43 heavy (non-hydrogen) atoms. The predicted molar refractivity (Wildman–Crippen MR) is 163 cm³/mol. The molecular weight excluding hydrogens is 546 g/mol. The number of urea groups is 1. The standard InChI is InChI=1S/C33H39N5O5/c1-4-16-36-17-18-37-29(19-24-10-13-27(39)14-11-24)32(40)35(22-26-12-15-28(42-2)20-30(26)43-3)23-31(37)38(36)33(41)34-21-25-8-6-5-7-9-25/h4-15,20,29,31,39H,1,16-19,21-23H2,2-3H3,(H,34,41)/t29-,31-/m0/s1. The van der Waals surface area contributed by atoms with E-state index in [2.05, 4.69) is 16.8 Å². The summed E-state index contributed by atoms with van der Waals surface area (Å²) in [6.07, 6.45) is 1.82. The van der Waals surface area contributed by atoms with E-state index in [4.69, 9.17) is 9.47 Å². The van der Waals surface area contributed by atoms with E-state index in [0.29, 0.717) is 57.2 Å². The van der Waals surface area contributed by atoms with E-state index in [0.717, 1.165) is 16.7 Å². The van der Waals surface area contributed by atoms with Crippen LogP contribution in [0.2, 0.25) is 0 Å². The van der Waals surface area contributed by atoms with Crippen molar-refractivity contribution in [2.75, 3.05) is 40.4 Å². The summed E-state index contributed by atoms with van der Waals surface area (Å²) in [6.45, 7) is 6.58. The van der Waals surface area contributed by atoms with E-state index in [1.54, 1.807) is 43.5 Å². The van der Waals surface area contributed by atoms with Crippen LogP contribution in [0.1, 0.15) is 16.7 Å². The summed E-state index contributed by atoms with van der Waals surface area (Å²) in [6, 6.07) is 21.5. The highest BCUT2D eigenvalue weighted by atomic mass is 16.5. The van der Waals surface area contributed by atoms with Crippen LogP contribution in [-0.2, 0) is 24.3 Å². The van der Waals surface area contributed by atoms with Gasteiger partial charge in [0.15, 0.2) is 0 Å². The van der Waals surface area contributed by atoms with Gasteiger partial charge >= 0.3 is 6.03 Å². The van der Waals surface area contributed by atoms with Gasteiger partial charge in [-0.25, -0.2) is 14.8 Å². The molecule has 0 spiro atoms. The number of phenols is 1. The molecule has 0 radical (unpaired) electrons. The Hall–Kier alpha value is -4.54. The largest absolute Gasteiger partial charge is 0.508 e. The first-order valence-electron chi connectivity index (χ1n) is 14.4. The maximum Gasteiger partial charge on any atom is 0.333 e. The Morgan fingerprint density at radius 1 is 1.02 bits per heavy atom.